The van der Waals surface area contributed by atoms with E-state index < -0.39 is 23.2 Å². The molecular weight excluding hydrogens is 396 g/mol. The summed E-state index contributed by atoms with van der Waals surface area (Å²) in [4.78, 5) is 37.9. The van der Waals surface area contributed by atoms with Gasteiger partial charge in [-0.3, -0.25) is 19.3 Å². The van der Waals surface area contributed by atoms with E-state index in [9.17, 15) is 14.7 Å². The van der Waals surface area contributed by atoms with E-state index in [4.69, 9.17) is 19.7 Å². The molecule has 3 heterocycles. The minimum Gasteiger partial charge on any atom is -0.483 e. The Bertz CT molecular complexity index is 749. The second-order valence-corrected chi connectivity index (χ2v) is 8.12. The molecule has 0 bridgehead atoms. The predicted octanol–water partition coefficient (Wildman–Crippen LogP) is -0.382. The van der Waals surface area contributed by atoms with Crippen molar-refractivity contribution < 1.29 is 34.4 Å². The zero-order chi connectivity index (χ0) is 22.5. The molecule has 11 heteroatoms. The molecule has 30 heavy (non-hydrogen) atoms. The quantitative estimate of drug-likeness (QED) is 0.472. The number of rotatable bonds is 4. The molecule has 1 aromatic heterocycles. The number of aromatic nitrogens is 2. The second kappa shape index (κ2) is 9.54. The molecule has 1 aromatic rings. The molecule has 2 aliphatic rings. The lowest BCUT2D eigenvalue weighted by atomic mass is 9.75. The summed E-state index contributed by atoms with van der Waals surface area (Å²) in [6, 6.07) is -0.526. The zero-order valence-corrected chi connectivity index (χ0v) is 17.5. The van der Waals surface area contributed by atoms with Crippen LogP contribution >= 0.6 is 0 Å². The number of piperidine rings is 1. The Kier molecular flexibility index (Phi) is 7.56. The highest BCUT2D eigenvalue weighted by Gasteiger charge is 2.49. The molecule has 168 valence electrons. The number of carbonyl (C=O) groups excluding carboxylic acids is 1. The molecule has 0 aliphatic carbocycles. The average Bonchev–Trinajstić information content (AvgIpc) is 2.98. The van der Waals surface area contributed by atoms with Gasteiger partial charge >= 0.3 is 5.97 Å². The Labute approximate surface area is 174 Å². The van der Waals surface area contributed by atoms with Gasteiger partial charge in [0, 0.05) is 26.6 Å². The van der Waals surface area contributed by atoms with E-state index in [2.05, 4.69) is 10.3 Å². The fourth-order valence-electron chi connectivity index (χ4n) is 4.19. The highest BCUT2D eigenvalue weighted by Crippen LogP contribution is 2.39. The highest BCUT2D eigenvalue weighted by molar-refractivity contribution is 5.93. The van der Waals surface area contributed by atoms with E-state index in [0.717, 1.165) is 0 Å². The molecule has 3 rings (SSSR count). The maximum Gasteiger partial charge on any atom is 0.317 e. The normalized spacial score (nSPS) is 25.8. The van der Waals surface area contributed by atoms with Gasteiger partial charge in [-0.25, -0.2) is 4.98 Å². The van der Waals surface area contributed by atoms with Crippen molar-refractivity contribution in [3.8, 4) is 0 Å². The number of aliphatic hydroxyl groups is 1. The number of carboxylic acid groups (broad SMARTS) is 2. The van der Waals surface area contributed by atoms with Crippen LogP contribution in [0.1, 0.15) is 42.4 Å². The largest absolute Gasteiger partial charge is 0.483 e. The van der Waals surface area contributed by atoms with Crippen LogP contribution in [0.4, 0.5) is 0 Å². The van der Waals surface area contributed by atoms with Gasteiger partial charge in [0.2, 0.25) is 0 Å². The van der Waals surface area contributed by atoms with Crippen molar-refractivity contribution in [2.45, 2.75) is 50.4 Å². The van der Waals surface area contributed by atoms with Gasteiger partial charge in [-0.2, -0.15) is 0 Å². The number of imidazole rings is 1. The SMILES string of the molecule is Cc1ncn(C)c1C(=O)N[C@H]1COC2(CCN(CC(=O)O)CC2)C[C@]1(C)O.O=CO. The second-order valence-electron chi connectivity index (χ2n) is 8.12. The monoisotopic (exact) mass is 426 g/mol. The van der Waals surface area contributed by atoms with Crippen LogP contribution in [0.25, 0.3) is 0 Å². The van der Waals surface area contributed by atoms with Gasteiger partial charge in [-0.05, 0) is 26.7 Å². The van der Waals surface area contributed by atoms with Crippen molar-refractivity contribution in [2.24, 2.45) is 7.05 Å². The van der Waals surface area contributed by atoms with E-state index in [1.54, 1.807) is 31.8 Å². The third kappa shape index (κ3) is 5.55. The van der Waals surface area contributed by atoms with Crippen LogP contribution in [0.5, 0.6) is 0 Å². The molecule has 1 amide bonds. The molecule has 2 saturated heterocycles. The van der Waals surface area contributed by atoms with Crippen molar-refractivity contribution in [3.63, 3.8) is 0 Å². The van der Waals surface area contributed by atoms with Crippen molar-refractivity contribution in [2.75, 3.05) is 26.2 Å². The minimum absolute atomic E-state index is 0.0230. The number of hydrogen-bond donors (Lipinski definition) is 4. The minimum atomic E-state index is -1.12. The number of nitrogens with one attached hydrogen (secondary N) is 1. The van der Waals surface area contributed by atoms with Crippen LogP contribution in [0, 0.1) is 6.92 Å². The van der Waals surface area contributed by atoms with Crippen LogP contribution in [0.3, 0.4) is 0 Å². The Balaban J connectivity index is 0.00000101. The molecule has 0 aromatic carbocycles. The van der Waals surface area contributed by atoms with Crippen LogP contribution in [-0.4, -0.2) is 91.6 Å². The third-order valence-electron chi connectivity index (χ3n) is 5.75. The number of carbonyl (C=O) groups is 3. The Morgan fingerprint density at radius 1 is 1.40 bits per heavy atom. The topological polar surface area (TPSA) is 154 Å². The molecule has 2 aliphatic heterocycles. The molecule has 2 atom stereocenters. The maximum atomic E-state index is 12.6. The van der Waals surface area contributed by atoms with Gasteiger partial charge in [-0.15, -0.1) is 0 Å². The molecule has 0 unspecified atom stereocenters. The van der Waals surface area contributed by atoms with Crippen molar-refractivity contribution >= 4 is 18.3 Å². The smallest absolute Gasteiger partial charge is 0.317 e. The van der Waals surface area contributed by atoms with E-state index in [0.29, 0.717) is 43.7 Å². The predicted molar refractivity (Wildman–Crippen MR) is 105 cm³/mol. The Morgan fingerprint density at radius 3 is 2.47 bits per heavy atom. The lowest BCUT2D eigenvalue weighted by Crippen LogP contribution is -2.64. The first-order valence-corrected chi connectivity index (χ1v) is 9.71. The number of nitrogens with zero attached hydrogens (tertiary/aromatic N) is 3. The summed E-state index contributed by atoms with van der Waals surface area (Å²) in [7, 11) is 1.75. The highest BCUT2D eigenvalue weighted by atomic mass is 16.5. The first-order valence-electron chi connectivity index (χ1n) is 9.71. The third-order valence-corrected chi connectivity index (χ3v) is 5.75. The first-order chi connectivity index (χ1) is 14.0. The fourth-order valence-corrected chi connectivity index (χ4v) is 4.19. The number of likely N-dealkylation sites (tertiary alicyclic amines) is 1. The van der Waals surface area contributed by atoms with E-state index >= 15 is 0 Å². The number of aliphatic carboxylic acids is 1. The lowest BCUT2D eigenvalue weighted by Gasteiger charge is -2.51. The summed E-state index contributed by atoms with van der Waals surface area (Å²) in [6.45, 7) is 4.72. The number of ether oxygens (including phenoxy) is 1. The molecule has 4 N–H and O–H groups in total. The van der Waals surface area contributed by atoms with Crippen molar-refractivity contribution in [1.82, 2.24) is 19.8 Å². The number of hydrogen-bond acceptors (Lipinski definition) is 7. The number of aryl methyl sites for hydroxylation is 2. The summed E-state index contributed by atoms with van der Waals surface area (Å²) in [5, 5.41) is 29.7. The summed E-state index contributed by atoms with van der Waals surface area (Å²) < 4.78 is 7.77. The Hall–Kier alpha value is -2.50. The number of amides is 1. The summed E-state index contributed by atoms with van der Waals surface area (Å²) >= 11 is 0. The molecular formula is C19H30N4O7. The van der Waals surface area contributed by atoms with Gasteiger partial charge in [-0.1, -0.05) is 0 Å². The fraction of sp³-hybridized carbons (Fsp3) is 0.684. The summed E-state index contributed by atoms with van der Waals surface area (Å²) in [5.41, 5.74) is -0.487. The van der Waals surface area contributed by atoms with E-state index in [1.165, 1.54) is 0 Å². The molecule has 0 saturated carbocycles. The van der Waals surface area contributed by atoms with Gasteiger partial charge < -0.3 is 29.9 Å². The van der Waals surface area contributed by atoms with Crippen LogP contribution in [-0.2, 0) is 21.4 Å². The van der Waals surface area contributed by atoms with Gasteiger partial charge in [0.05, 0.1) is 42.4 Å². The van der Waals surface area contributed by atoms with Crippen LogP contribution in [0.2, 0.25) is 0 Å². The zero-order valence-electron chi connectivity index (χ0n) is 17.5. The molecule has 1 spiro atoms. The van der Waals surface area contributed by atoms with Crippen LogP contribution in [0.15, 0.2) is 6.33 Å². The van der Waals surface area contributed by atoms with Crippen molar-refractivity contribution in [1.29, 1.82) is 0 Å². The number of carboxylic acids is 1. The standard InChI is InChI=1S/C18H28N4O5.CH2O2/c1-12-15(21(3)11-19-12)16(25)20-13-9-27-18(10-17(13,2)26)4-6-22(7-5-18)8-14(23)24;2-1-3/h11,13,26H,4-10H2,1-3H3,(H,20,25)(H,23,24);1H,(H,2,3)/t13-,17-;/m0./s1. The average molecular weight is 426 g/mol. The maximum absolute atomic E-state index is 12.6. The van der Waals surface area contributed by atoms with E-state index in [1.807, 2.05) is 4.90 Å². The van der Waals surface area contributed by atoms with Gasteiger partial charge in [0.25, 0.3) is 12.4 Å². The summed E-state index contributed by atoms with van der Waals surface area (Å²) in [6.07, 6.45) is 3.31. The first kappa shape index (κ1) is 23.8. The van der Waals surface area contributed by atoms with E-state index in [-0.39, 0.29) is 25.5 Å². The van der Waals surface area contributed by atoms with Crippen LogP contribution < -0.4 is 5.32 Å². The molecule has 11 nitrogen and oxygen atoms in total. The molecule has 0 radical (unpaired) electrons. The van der Waals surface area contributed by atoms with Gasteiger partial charge in [0.15, 0.2) is 0 Å². The lowest BCUT2D eigenvalue weighted by molar-refractivity contribution is -0.187. The summed E-state index contributed by atoms with van der Waals surface area (Å²) in [5.74, 6) is -1.12. The Morgan fingerprint density at radius 2 is 2.00 bits per heavy atom. The molecule has 2 fully saturated rings. The van der Waals surface area contributed by atoms with Gasteiger partial charge in [0.1, 0.15) is 5.69 Å². The van der Waals surface area contributed by atoms with Crippen molar-refractivity contribution in [3.05, 3.63) is 17.7 Å².